The summed E-state index contributed by atoms with van der Waals surface area (Å²) in [4.78, 5) is -0.319. The standard InChI is InChI=1S/C15H16N3O4S/c1-10-4-6-12(22-3)9-14(10)18-17-13-7-5-11(16-2)8-15(13)23(19,20)21/h4-5,7-9,16H,1-3H3,(H,19,20,21)/b18-17+. The number of benzene rings is 2. The van der Waals surface area contributed by atoms with E-state index in [-0.39, 0.29) is 10.6 Å². The second kappa shape index (κ2) is 6.76. The van der Waals surface area contributed by atoms with Crippen LogP contribution in [-0.2, 0) is 10.1 Å². The Hall–Kier alpha value is -2.45. The van der Waals surface area contributed by atoms with Crippen molar-refractivity contribution >= 4 is 27.2 Å². The molecule has 2 aromatic rings. The Morgan fingerprint density at radius 1 is 1.22 bits per heavy atom. The molecule has 0 aliphatic heterocycles. The largest absolute Gasteiger partial charge is 0.496 e. The van der Waals surface area contributed by atoms with Crippen LogP contribution in [0.2, 0.25) is 0 Å². The summed E-state index contributed by atoms with van der Waals surface area (Å²) in [5, 5.41) is 10.8. The Bertz CT molecular complexity index is 848. The lowest BCUT2D eigenvalue weighted by atomic mass is 10.2. The molecule has 2 N–H and O–H groups in total. The molecular formula is C15H16N3O4S. The number of azo groups is 1. The zero-order chi connectivity index (χ0) is 17.0. The van der Waals surface area contributed by atoms with E-state index in [2.05, 4.69) is 21.6 Å². The number of aryl methyl sites for hydroxylation is 1. The smallest absolute Gasteiger partial charge is 0.296 e. The SMILES string of the molecule is CNc1ccc(/N=N/c2cc(OC)[c]cc2C)c(S(=O)(=O)O)c1. The van der Waals surface area contributed by atoms with E-state index < -0.39 is 10.1 Å². The maximum atomic E-state index is 11.5. The summed E-state index contributed by atoms with van der Waals surface area (Å²) in [7, 11) is -1.27. The van der Waals surface area contributed by atoms with Gasteiger partial charge in [-0.15, -0.1) is 5.11 Å². The minimum Gasteiger partial charge on any atom is -0.496 e. The van der Waals surface area contributed by atoms with Crippen LogP contribution in [0.15, 0.2) is 45.5 Å². The van der Waals surface area contributed by atoms with Crippen LogP contribution >= 0.6 is 0 Å². The molecule has 0 aliphatic carbocycles. The second-order valence-corrected chi connectivity index (χ2v) is 6.07. The third-order valence-electron chi connectivity index (χ3n) is 3.11. The van der Waals surface area contributed by atoms with Gasteiger partial charge in [-0.3, -0.25) is 4.55 Å². The maximum Gasteiger partial charge on any atom is 0.296 e. The summed E-state index contributed by atoms with van der Waals surface area (Å²) in [5.74, 6) is 0.491. The number of nitrogens with zero attached hydrogens (tertiary/aromatic N) is 2. The van der Waals surface area contributed by atoms with Crippen molar-refractivity contribution in [3.05, 3.63) is 42.0 Å². The predicted molar refractivity (Wildman–Crippen MR) is 86.5 cm³/mol. The number of rotatable bonds is 5. The van der Waals surface area contributed by atoms with Gasteiger partial charge in [0.25, 0.3) is 10.1 Å². The summed E-state index contributed by atoms with van der Waals surface area (Å²) in [5.41, 5.74) is 1.89. The molecule has 0 atom stereocenters. The van der Waals surface area contributed by atoms with E-state index in [0.29, 0.717) is 17.1 Å². The Balaban J connectivity index is 2.48. The monoisotopic (exact) mass is 334 g/mol. The lowest BCUT2D eigenvalue weighted by Crippen LogP contribution is -2.00. The van der Waals surface area contributed by atoms with Crippen LogP contribution in [0.4, 0.5) is 17.1 Å². The van der Waals surface area contributed by atoms with Gasteiger partial charge in [0.2, 0.25) is 0 Å². The molecule has 0 spiro atoms. The molecule has 0 fully saturated rings. The number of ether oxygens (including phenoxy) is 1. The first-order valence-corrected chi connectivity index (χ1v) is 8.06. The minimum atomic E-state index is -4.42. The van der Waals surface area contributed by atoms with Crippen molar-refractivity contribution in [1.29, 1.82) is 0 Å². The number of hydrogen-bond acceptors (Lipinski definition) is 6. The fourth-order valence-corrected chi connectivity index (χ4v) is 2.47. The highest BCUT2D eigenvalue weighted by Crippen LogP contribution is 2.31. The molecule has 7 nitrogen and oxygen atoms in total. The molecular weight excluding hydrogens is 318 g/mol. The third kappa shape index (κ3) is 4.05. The van der Waals surface area contributed by atoms with Gasteiger partial charge in [0.05, 0.1) is 12.8 Å². The molecule has 8 heteroatoms. The molecule has 23 heavy (non-hydrogen) atoms. The minimum absolute atomic E-state index is 0.0395. The summed E-state index contributed by atoms with van der Waals surface area (Å²) >= 11 is 0. The topological polar surface area (TPSA) is 100 Å². The molecule has 0 saturated carbocycles. The highest BCUT2D eigenvalue weighted by molar-refractivity contribution is 7.86. The van der Waals surface area contributed by atoms with E-state index in [1.165, 1.54) is 19.2 Å². The van der Waals surface area contributed by atoms with Crippen molar-refractivity contribution in [1.82, 2.24) is 0 Å². The molecule has 121 valence electrons. The summed E-state index contributed by atoms with van der Waals surface area (Å²) in [6, 6.07) is 10.6. The first kappa shape index (κ1) is 16.9. The number of methoxy groups -OCH3 is 1. The summed E-state index contributed by atoms with van der Waals surface area (Å²) in [6.07, 6.45) is 0. The Kier molecular flexibility index (Phi) is 4.97. The third-order valence-corrected chi connectivity index (χ3v) is 4.00. The molecule has 0 amide bonds. The molecule has 0 aromatic heterocycles. The van der Waals surface area contributed by atoms with Gasteiger partial charge < -0.3 is 10.1 Å². The predicted octanol–water partition coefficient (Wildman–Crippen LogP) is 3.51. The zero-order valence-corrected chi connectivity index (χ0v) is 13.7. The van der Waals surface area contributed by atoms with Crippen LogP contribution in [0.1, 0.15) is 5.56 Å². The first-order valence-electron chi connectivity index (χ1n) is 6.62. The van der Waals surface area contributed by atoms with Crippen LogP contribution in [0.25, 0.3) is 0 Å². The maximum absolute atomic E-state index is 11.5. The number of hydrogen-bond donors (Lipinski definition) is 2. The highest BCUT2D eigenvalue weighted by atomic mass is 32.2. The first-order chi connectivity index (χ1) is 10.8. The molecule has 0 heterocycles. The van der Waals surface area contributed by atoms with Crippen LogP contribution in [-0.4, -0.2) is 27.1 Å². The van der Waals surface area contributed by atoms with Gasteiger partial charge >= 0.3 is 0 Å². The van der Waals surface area contributed by atoms with Crippen LogP contribution in [0.3, 0.4) is 0 Å². The van der Waals surface area contributed by atoms with Crippen molar-refractivity contribution in [2.45, 2.75) is 11.8 Å². The van der Waals surface area contributed by atoms with E-state index in [0.717, 1.165) is 5.56 Å². The van der Waals surface area contributed by atoms with Gasteiger partial charge in [-0.2, -0.15) is 13.5 Å². The molecule has 2 aromatic carbocycles. The Labute approximate surface area is 134 Å². The average molecular weight is 334 g/mol. The van der Waals surface area contributed by atoms with Gasteiger partial charge in [-0.1, -0.05) is 0 Å². The van der Waals surface area contributed by atoms with E-state index >= 15 is 0 Å². The quantitative estimate of drug-likeness (QED) is 0.644. The van der Waals surface area contributed by atoms with E-state index in [1.54, 1.807) is 25.2 Å². The van der Waals surface area contributed by atoms with Crippen molar-refractivity contribution < 1.29 is 17.7 Å². The highest BCUT2D eigenvalue weighted by Gasteiger charge is 2.16. The summed E-state index contributed by atoms with van der Waals surface area (Å²) < 4.78 is 37.4. The van der Waals surface area contributed by atoms with Gasteiger partial charge in [-0.05, 0) is 36.8 Å². The molecule has 0 unspecified atom stereocenters. The fourth-order valence-electron chi connectivity index (χ4n) is 1.83. The van der Waals surface area contributed by atoms with Crippen molar-refractivity contribution in [2.24, 2.45) is 10.2 Å². The molecule has 1 radical (unpaired) electrons. The van der Waals surface area contributed by atoms with Crippen molar-refractivity contribution in [3.8, 4) is 5.75 Å². The lowest BCUT2D eigenvalue weighted by molar-refractivity contribution is 0.414. The average Bonchev–Trinajstić information content (AvgIpc) is 2.53. The van der Waals surface area contributed by atoms with Crippen LogP contribution in [0.5, 0.6) is 5.75 Å². The molecule has 0 aliphatic rings. The number of anilines is 1. The van der Waals surface area contributed by atoms with E-state index in [9.17, 15) is 13.0 Å². The van der Waals surface area contributed by atoms with E-state index in [4.69, 9.17) is 4.74 Å². The van der Waals surface area contributed by atoms with Gasteiger partial charge in [-0.25, -0.2) is 0 Å². The normalized spacial score (nSPS) is 11.7. The Morgan fingerprint density at radius 3 is 2.52 bits per heavy atom. The molecule has 0 saturated heterocycles. The summed E-state index contributed by atoms with van der Waals surface area (Å²) in [6.45, 7) is 1.82. The van der Waals surface area contributed by atoms with Gasteiger partial charge in [0.15, 0.2) is 0 Å². The van der Waals surface area contributed by atoms with E-state index in [1.807, 2.05) is 6.92 Å². The fraction of sp³-hybridized carbons (Fsp3) is 0.200. The Morgan fingerprint density at radius 2 is 1.91 bits per heavy atom. The molecule has 0 bridgehead atoms. The van der Waals surface area contributed by atoms with Crippen molar-refractivity contribution in [3.63, 3.8) is 0 Å². The second-order valence-electron chi connectivity index (χ2n) is 4.68. The lowest BCUT2D eigenvalue weighted by Gasteiger charge is -2.06. The zero-order valence-electron chi connectivity index (χ0n) is 12.9. The van der Waals surface area contributed by atoms with Gasteiger partial charge in [0, 0.05) is 24.9 Å². The van der Waals surface area contributed by atoms with Crippen LogP contribution < -0.4 is 10.1 Å². The van der Waals surface area contributed by atoms with Crippen molar-refractivity contribution in [2.75, 3.05) is 19.5 Å². The van der Waals surface area contributed by atoms with Crippen LogP contribution in [0, 0.1) is 13.0 Å². The molecule has 2 rings (SSSR count). The number of nitrogens with one attached hydrogen (secondary N) is 1. The van der Waals surface area contributed by atoms with Gasteiger partial charge in [0.1, 0.15) is 16.3 Å².